The topological polar surface area (TPSA) is 83.0 Å². The molecule has 22 heavy (non-hydrogen) atoms. The molecule has 1 aliphatic heterocycles. The van der Waals surface area contributed by atoms with E-state index in [4.69, 9.17) is 0 Å². The molecule has 1 amide bonds. The second-order valence-corrected chi connectivity index (χ2v) is 5.22. The van der Waals surface area contributed by atoms with E-state index in [1.165, 1.54) is 19.8 Å². The molecular weight excluding hydrogens is 280 g/mol. The van der Waals surface area contributed by atoms with Crippen molar-refractivity contribution in [3.63, 3.8) is 0 Å². The molecule has 2 aromatic rings. The number of hydrogen-bond donors (Lipinski definition) is 2. The Hall–Kier alpha value is -2.70. The second kappa shape index (κ2) is 6.38. The molecular formula is C15H18N6O. The predicted molar refractivity (Wildman–Crippen MR) is 85.3 cm³/mol. The smallest absolute Gasteiger partial charge is 0.249 e. The summed E-state index contributed by atoms with van der Waals surface area (Å²) in [6.45, 7) is 3.50. The summed E-state index contributed by atoms with van der Waals surface area (Å²) in [5.74, 6) is 1.18. The van der Waals surface area contributed by atoms with E-state index >= 15 is 0 Å². The zero-order valence-electron chi connectivity index (χ0n) is 12.4. The third kappa shape index (κ3) is 3.49. The monoisotopic (exact) mass is 298 g/mol. The van der Waals surface area contributed by atoms with Crippen LogP contribution in [0.3, 0.4) is 0 Å². The van der Waals surface area contributed by atoms with Gasteiger partial charge < -0.3 is 15.5 Å². The number of amides is 1. The van der Waals surface area contributed by atoms with Crippen molar-refractivity contribution in [2.45, 2.75) is 19.8 Å². The molecule has 3 rings (SSSR count). The van der Waals surface area contributed by atoms with Crippen LogP contribution in [0.15, 0.2) is 30.5 Å². The van der Waals surface area contributed by atoms with E-state index in [1.807, 2.05) is 24.3 Å². The Bertz CT molecular complexity index is 669. The van der Waals surface area contributed by atoms with Crippen LogP contribution in [-0.2, 0) is 4.79 Å². The Morgan fingerprint density at radius 3 is 2.77 bits per heavy atom. The van der Waals surface area contributed by atoms with Gasteiger partial charge in [0.1, 0.15) is 0 Å². The summed E-state index contributed by atoms with van der Waals surface area (Å²) >= 11 is 0. The van der Waals surface area contributed by atoms with Crippen molar-refractivity contribution in [2.24, 2.45) is 0 Å². The lowest BCUT2D eigenvalue weighted by atomic mass is 10.3. The number of hydrogen-bond acceptors (Lipinski definition) is 6. The van der Waals surface area contributed by atoms with E-state index in [0.29, 0.717) is 5.95 Å². The highest BCUT2D eigenvalue weighted by molar-refractivity contribution is 5.89. The standard InChI is InChI=1S/C15H18N6O/c1-11(22)17-12-5-4-6-13(9-12)18-15-19-14(10-16-20-15)21-7-2-3-8-21/h4-6,9-10H,2-3,7-8H2,1H3,(H,17,22)(H,18,19,20). The van der Waals surface area contributed by atoms with E-state index in [-0.39, 0.29) is 5.91 Å². The quantitative estimate of drug-likeness (QED) is 0.900. The Morgan fingerprint density at radius 1 is 1.23 bits per heavy atom. The number of benzene rings is 1. The zero-order valence-corrected chi connectivity index (χ0v) is 12.4. The molecule has 0 aliphatic carbocycles. The van der Waals surface area contributed by atoms with Crippen LogP contribution in [0.2, 0.25) is 0 Å². The molecule has 0 saturated carbocycles. The van der Waals surface area contributed by atoms with Crippen LogP contribution in [0, 0.1) is 0 Å². The SMILES string of the molecule is CC(=O)Nc1cccc(Nc2nncc(N3CCCC3)n2)c1. The Morgan fingerprint density at radius 2 is 2.00 bits per heavy atom. The second-order valence-electron chi connectivity index (χ2n) is 5.22. The molecule has 7 nitrogen and oxygen atoms in total. The molecule has 2 heterocycles. The maximum atomic E-state index is 11.1. The molecule has 0 atom stereocenters. The van der Waals surface area contributed by atoms with Gasteiger partial charge in [-0.05, 0) is 31.0 Å². The molecule has 0 radical (unpaired) electrons. The van der Waals surface area contributed by atoms with Crippen LogP contribution in [0.25, 0.3) is 0 Å². The van der Waals surface area contributed by atoms with Crippen molar-refractivity contribution in [1.29, 1.82) is 0 Å². The molecule has 0 bridgehead atoms. The van der Waals surface area contributed by atoms with Gasteiger partial charge in [0.25, 0.3) is 0 Å². The van der Waals surface area contributed by atoms with Crippen molar-refractivity contribution >= 4 is 29.0 Å². The first kappa shape index (κ1) is 14.2. The summed E-state index contributed by atoms with van der Waals surface area (Å²) in [4.78, 5) is 17.8. The molecule has 2 N–H and O–H groups in total. The van der Waals surface area contributed by atoms with Crippen molar-refractivity contribution in [1.82, 2.24) is 15.2 Å². The van der Waals surface area contributed by atoms with E-state index in [2.05, 4.69) is 30.7 Å². The van der Waals surface area contributed by atoms with Crippen LogP contribution in [0.5, 0.6) is 0 Å². The number of nitrogens with one attached hydrogen (secondary N) is 2. The average Bonchev–Trinajstić information content (AvgIpc) is 3.01. The number of nitrogens with zero attached hydrogens (tertiary/aromatic N) is 4. The first-order valence-corrected chi connectivity index (χ1v) is 7.30. The Labute approximate surface area is 128 Å². The molecule has 1 fully saturated rings. The summed E-state index contributed by atoms with van der Waals surface area (Å²) in [7, 11) is 0. The fourth-order valence-electron chi connectivity index (χ4n) is 2.45. The van der Waals surface area contributed by atoms with Gasteiger partial charge in [-0.25, -0.2) is 0 Å². The highest BCUT2D eigenvalue weighted by atomic mass is 16.1. The maximum Gasteiger partial charge on any atom is 0.249 e. The van der Waals surface area contributed by atoms with Gasteiger partial charge in [0, 0.05) is 31.4 Å². The van der Waals surface area contributed by atoms with Crippen molar-refractivity contribution in [2.75, 3.05) is 28.6 Å². The predicted octanol–water partition coefficient (Wildman–Crippen LogP) is 2.17. The molecule has 0 unspecified atom stereocenters. The highest BCUT2D eigenvalue weighted by Gasteiger charge is 2.14. The van der Waals surface area contributed by atoms with Crippen molar-refractivity contribution in [3.05, 3.63) is 30.5 Å². The van der Waals surface area contributed by atoms with Gasteiger partial charge in [-0.15, -0.1) is 5.10 Å². The van der Waals surface area contributed by atoms with Crippen LogP contribution < -0.4 is 15.5 Å². The van der Waals surface area contributed by atoms with Gasteiger partial charge in [0.15, 0.2) is 5.82 Å². The Kier molecular flexibility index (Phi) is 4.13. The van der Waals surface area contributed by atoms with Gasteiger partial charge in [-0.2, -0.15) is 10.1 Å². The first-order chi connectivity index (χ1) is 10.7. The maximum absolute atomic E-state index is 11.1. The van der Waals surface area contributed by atoms with Crippen LogP contribution in [0.1, 0.15) is 19.8 Å². The normalized spacial score (nSPS) is 14.0. The summed E-state index contributed by atoms with van der Waals surface area (Å²) in [5.41, 5.74) is 1.52. The minimum Gasteiger partial charge on any atom is -0.355 e. The summed E-state index contributed by atoms with van der Waals surface area (Å²) in [6.07, 6.45) is 4.06. The lowest BCUT2D eigenvalue weighted by Gasteiger charge is -2.16. The fraction of sp³-hybridized carbons (Fsp3) is 0.333. The average molecular weight is 298 g/mol. The van der Waals surface area contributed by atoms with E-state index < -0.39 is 0 Å². The van der Waals surface area contributed by atoms with Gasteiger partial charge in [0.05, 0.1) is 6.20 Å². The minimum absolute atomic E-state index is 0.105. The lowest BCUT2D eigenvalue weighted by Crippen LogP contribution is -2.19. The molecule has 114 valence electrons. The lowest BCUT2D eigenvalue weighted by molar-refractivity contribution is -0.114. The van der Waals surface area contributed by atoms with Crippen LogP contribution in [0.4, 0.5) is 23.1 Å². The highest BCUT2D eigenvalue weighted by Crippen LogP contribution is 2.20. The molecule has 7 heteroatoms. The van der Waals surface area contributed by atoms with Crippen LogP contribution >= 0.6 is 0 Å². The molecule has 1 saturated heterocycles. The third-order valence-electron chi connectivity index (χ3n) is 3.42. The number of anilines is 4. The molecule has 1 aromatic carbocycles. The van der Waals surface area contributed by atoms with Crippen molar-refractivity contribution < 1.29 is 4.79 Å². The Balaban J connectivity index is 1.75. The van der Waals surface area contributed by atoms with E-state index in [0.717, 1.165) is 30.3 Å². The summed E-state index contributed by atoms with van der Waals surface area (Å²) in [6, 6.07) is 7.39. The third-order valence-corrected chi connectivity index (χ3v) is 3.42. The largest absolute Gasteiger partial charge is 0.355 e. The van der Waals surface area contributed by atoms with E-state index in [9.17, 15) is 4.79 Å². The number of rotatable bonds is 4. The van der Waals surface area contributed by atoms with Crippen LogP contribution in [-0.4, -0.2) is 34.2 Å². The zero-order chi connectivity index (χ0) is 15.4. The number of aromatic nitrogens is 3. The van der Waals surface area contributed by atoms with E-state index in [1.54, 1.807) is 6.20 Å². The molecule has 1 aromatic heterocycles. The summed E-state index contributed by atoms with van der Waals surface area (Å²) < 4.78 is 0. The fourth-order valence-corrected chi connectivity index (χ4v) is 2.45. The molecule has 1 aliphatic rings. The van der Waals surface area contributed by atoms with Gasteiger partial charge in [-0.1, -0.05) is 6.07 Å². The first-order valence-electron chi connectivity index (χ1n) is 7.30. The minimum atomic E-state index is -0.105. The van der Waals surface area contributed by atoms with Gasteiger partial charge in [0.2, 0.25) is 11.9 Å². The summed E-state index contributed by atoms with van der Waals surface area (Å²) in [5, 5.41) is 13.9. The number of carbonyl (C=O) groups is 1. The van der Waals surface area contributed by atoms with Crippen molar-refractivity contribution in [3.8, 4) is 0 Å². The van der Waals surface area contributed by atoms with Gasteiger partial charge >= 0.3 is 0 Å². The van der Waals surface area contributed by atoms with Gasteiger partial charge in [-0.3, -0.25) is 4.79 Å². The number of carbonyl (C=O) groups excluding carboxylic acids is 1. The molecule has 0 spiro atoms.